The number of esters is 1. The number of rotatable bonds is 8. The quantitative estimate of drug-likeness (QED) is 0.404. The zero-order chi connectivity index (χ0) is 21.4. The Morgan fingerprint density at radius 2 is 1.97 bits per heavy atom. The molecule has 0 aliphatic carbocycles. The van der Waals surface area contributed by atoms with Gasteiger partial charge < -0.3 is 19.4 Å². The maximum Gasteiger partial charge on any atom is 0.349 e. The SMILES string of the molecule is COCCn1c(C)cc(/C=C(\C#N)C(=O)OCC(=O)Nc2ccc(Cl)cc2)c1C. The molecule has 0 bridgehead atoms. The van der Waals surface area contributed by atoms with Crippen molar-refractivity contribution in [3.05, 3.63) is 57.9 Å². The van der Waals surface area contributed by atoms with Gasteiger partial charge in [-0.2, -0.15) is 5.26 Å². The van der Waals surface area contributed by atoms with E-state index in [4.69, 9.17) is 21.1 Å². The van der Waals surface area contributed by atoms with E-state index >= 15 is 0 Å². The van der Waals surface area contributed by atoms with Crippen LogP contribution < -0.4 is 5.32 Å². The average molecular weight is 416 g/mol. The van der Waals surface area contributed by atoms with Crippen molar-refractivity contribution in [3.63, 3.8) is 0 Å². The normalized spacial score (nSPS) is 11.1. The molecular weight excluding hydrogens is 394 g/mol. The number of halogens is 1. The van der Waals surface area contributed by atoms with Gasteiger partial charge in [0.2, 0.25) is 0 Å². The molecule has 2 rings (SSSR count). The molecule has 0 aliphatic heterocycles. The first-order chi connectivity index (χ1) is 13.8. The van der Waals surface area contributed by atoms with Gasteiger partial charge >= 0.3 is 5.97 Å². The van der Waals surface area contributed by atoms with Crippen LogP contribution in [0.2, 0.25) is 5.02 Å². The fraction of sp³-hybridized carbons (Fsp3) is 0.286. The molecule has 152 valence electrons. The zero-order valence-corrected chi connectivity index (χ0v) is 17.2. The molecule has 0 saturated carbocycles. The molecule has 0 aliphatic rings. The van der Waals surface area contributed by atoms with Crippen molar-refractivity contribution in [2.24, 2.45) is 0 Å². The molecule has 1 amide bonds. The second-order valence-electron chi connectivity index (χ2n) is 6.27. The zero-order valence-electron chi connectivity index (χ0n) is 16.5. The number of carbonyl (C=O) groups excluding carboxylic acids is 2. The van der Waals surface area contributed by atoms with Crippen molar-refractivity contribution in [1.82, 2.24) is 4.57 Å². The molecule has 1 heterocycles. The standard InChI is InChI=1S/C21H22ClN3O4/c1-14-10-16(15(2)25(14)8-9-28-3)11-17(12-23)21(27)29-13-20(26)24-19-6-4-18(22)5-7-19/h4-7,10-11H,8-9,13H2,1-3H3,(H,24,26)/b17-11+. The molecule has 1 N–H and O–H groups in total. The van der Waals surface area contributed by atoms with E-state index in [1.807, 2.05) is 30.6 Å². The lowest BCUT2D eigenvalue weighted by Crippen LogP contribution is -2.21. The van der Waals surface area contributed by atoms with E-state index in [0.29, 0.717) is 23.9 Å². The van der Waals surface area contributed by atoms with Crippen molar-refractivity contribution < 1.29 is 19.1 Å². The van der Waals surface area contributed by atoms with Crippen LogP contribution in [-0.2, 0) is 25.6 Å². The highest BCUT2D eigenvalue weighted by Crippen LogP contribution is 2.19. The van der Waals surface area contributed by atoms with E-state index in [1.165, 1.54) is 6.08 Å². The molecule has 1 aromatic carbocycles. The lowest BCUT2D eigenvalue weighted by atomic mass is 10.1. The fourth-order valence-corrected chi connectivity index (χ4v) is 2.86. The molecule has 0 spiro atoms. The number of methoxy groups -OCH3 is 1. The summed E-state index contributed by atoms with van der Waals surface area (Å²) in [6.07, 6.45) is 1.46. The lowest BCUT2D eigenvalue weighted by molar-refractivity contribution is -0.142. The minimum atomic E-state index is -0.861. The van der Waals surface area contributed by atoms with Gasteiger partial charge in [-0.05, 0) is 55.8 Å². The Kier molecular flexibility index (Phi) is 8.01. The first kappa shape index (κ1) is 22.2. The highest BCUT2D eigenvalue weighted by atomic mass is 35.5. The number of nitriles is 1. The first-order valence-electron chi connectivity index (χ1n) is 8.85. The van der Waals surface area contributed by atoms with Gasteiger partial charge in [-0.25, -0.2) is 4.79 Å². The molecule has 7 nitrogen and oxygen atoms in total. The lowest BCUT2D eigenvalue weighted by Gasteiger charge is -2.08. The number of aromatic nitrogens is 1. The summed E-state index contributed by atoms with van der Waals surface area (Å²) in [4.78, 5) is 24.2. The van der Waals surface area contributed by atoms with E-state index in [9.17, 15) is 14.9 Å². The van der Waals surface area contributed by atoms with E-state index in [2.05, 4.69) is 5.32 Å². The van der Waals surface area contributed by atoms with Gasteiger partial charge in [-0.1, -0.05) is 11.6 Å². The van der Waals surface area contributed by atoms with Gasteiger partial charge in [-0.15, -0.1) is 0 Å². The summed E-state index contributed by atoms with van der Waals surface area (Å²) >= 11 is 5.79. The first-order valence-corrected chi connectivity index (χ1v) is 9.23. The molecule has 0 fully saturated rings. The van der Waals surface area contributed by atoms with Crippen molar-refractivity contribution in [2.45, 2.75) is 20.4 Å². The number of carbonyl (C=O) groups is 2. The number of ether oxygens (including phenoxy) is 2. The molecule has 0 saturated heterocycles. The van der Waals surface area contributed by atoms with Gasteiger partial charge in [0.1, 0.15) is 11.6 Å². The number of hydrogen-bond acceptors (Lipinski definition) is 5. The Morgan fingerprint density at radius 3 is 2.59 bits per heavy atom. The summed E-state index contributed by atoms with van der Waals surface area (Å²) in [6, 6.07) is 10.2. The number of aryl methyl sites for hydroxylation is 1. The second kappa shape index (κ2) is 10.5. The van der Waals surface area contributed by atoms with Crippen molar-refractivity contribution >= 4 is 35.2 Å². The molecule has 0 radical (unpaired) electrons. The maximum atomic E-state index is 12.2. The largest absolute Gasteiger partial charge is 0.451 e. The second-order valence-corrected chi connectivity index (χ2v) is 6.71. The van der Waals surface area contributed by atoms with Crippen LogP contribution in [0.4, 0.5) is 5.69 Å². The number of amides is 1. The van der Waals surface area contributed by atoms with Crippen molar-refractivity contribution in [3.8, 4) is 6.07 Å². The van der Waals surface area contributed by atoms with Gasteiger partial charge in [0.15, 0.2) is 6.61 Å². The van der Waals surface area contributed by atoms with Crippen molar-refractivity contribution in [2.75, 3.05) is 25.6 Å². The average Bonchev–Trinajstić information content (AvgIpc) is 2.97. The number of hydrogen-bond donors (Lipinski definition) is 1. The van der Waals surface area contributed by atoms with E-state index in [-0.39, 0.29) is 5.57 Å². The molecule has 2 aromatic rings. The Hall–Kier alpha value is -3.08. The summed E-state index contributed by atoms with van der Waals surface area (Å²) in [5.74, 6) is -1.38. The number of nitrogens with zero attached hydrogens (tertiary/aromatic N) is 2. The van der Waals surface area contributed by atoms with Crippen LogP contribution in [0, 0.1) is 25.2 Å². The number of nitrogens with one attached hydrogen (secondary N) is 1. The fourth-order valence-electron chi connectivity index (χ4n) is 2.73. The van der Waals surface area contributed by atoms with Gasteiger partial charge in [0.05, 0.1) is 6.61 Å². The minimum absolute atomic E-state index is 0.184. The summed E-state index contributed by atoms with van der Waals surface area (Å²) in [5, 5.41) is 12.5. The Balaban J connectivity index is 2.02. The van der Waals surface area contributed by atoms with Crippen LogP contribution in [0.15, 0.2) is 35.9 Å². The highest BCUT2D eigenvalue weighted by Gasteiger charge is 2.15. The number of benzene rings is 1. The summed E-state index contributed by atoms with van der Waals surface area (Å²) < 4.78 is 12.1. The third-order valence-corrected chi connectivity index (χ3v) is 4.49. The molecule has 1 aromatic heterocycles. The van der Waals surface area contributed by atoms with Crippen LogP contribution in [0.3, 0.4) is 0 Å². The third-order valence-electron chi connectivity index (χ3n) is 4.23. The molecule has 29 heavy (non-hydrogen) atoms. The Labute approximate surface area is 174 Å². The smallest absolute Gasteiger partial charge is 0.349 e. The number of anilines is 1. The van der Waals surface area contributed by atoms with Crippen LogP contribution in [0.25, 0.3) is 6.08 Å². The van der Waals surface area contributed by atoms with Gasteiger partial charge in [-0.3, -0.25) is 4.79 Å². The third kappa shape index (κ3) is 6.21. The van der Waals surface area contributed by atoms with E-state index in [1.54, 1.807) is 31.4 Å². The van der Waals surface area contributed by atoms with Crippen LogP contribution in [-0.4, -0.2) is 36.8 Å². The van der Waals surface area contributed by atoms with Crippen LogP contribution in [0.5, 0.6) is 0 Å². The Morgan fingerprint density at radius 1 is 1.28 bits per heavy atom. The molecule has 0 atom stereocenters. The van der Waals surface area contributed by atoms with Crippen LogP contribution in [0.1, 0.15) is 17.0 Å². The highest BCUT2D eigenvalue weighted by molar-refractivity contribution is 6.30. The molecular formula is C21H22ClN3O4. The molecule has 8 heteroatoms. The summed E-state index contributed by atoms with van der Waals surface area (Å²) in [6.45, 7) is 4.54. The van der Waals surface area contributed by atoms with Crippen LogP contribution >= 0.6 is 11.6 Å². The minimum Gasteiger partial charge on any atom is -0.451 e. The van der Waals surface area contributed by atoms with Gasteiger partial charge in [0, 0.05) is 35.8 Å². The van der Waals surface area contributed by atoms with E-state index in [0.717, 1.165) is 17.0 Å². The predicted octanol–water partition coefficient (Wildman–Crippen LogP) is 3.49. The van der Waals surface area contributed by atoms with E-state index < -0.39 is 18.5 Å². The Bertz CT molecular complexity index is 956. The monoisotopic (exact) mass is 415 g/mol. The summed E-state index contributed by atoms with van der Waals surface area (Å²) in [5.41, 5.74) is 2.96. The summed E-state index contributed by atoms with van der Waals surface area (Å²) in [7, 11) is 1.63. The van der Waals surface area contributed by atoms with Gasteiger partial charge in [0.25, 0.3) is 5.91 Å². The van der Waals surface area contributed by atoms with Crippen molar-refractivity contribution in [1.29, 1.82) is 5.26 Å². The predicted molar refractivity (Wildman–Crippen MR) is 110 cm³/mol. The maximum absolute atomic E-state index is 12.2. The molecule has 0 unspecified atom stereocenters. The topological polar surface area (TPSA) is 93.3 Å².